The number of carbonyl (C=O) groups is 1. The molecule has 0 spiro atoms. The second kappa shape index (κ2) is 10.3. The van der Waals surface area contributed by atoms with Gasteiger partial charge in [0, 0.05) is 12.7 Å². The number of ether oxygens (including phenoxy) is 2. The molecule has 5 rings (SSSR count). The Morgan fingerprint density at radius 1 is 0.718 bits per heavy atom. The maximum Gasteiger partial charge on any atom is 0.340 e. The van der Waals surface area contributed by atoms with Crippen LogP contribution in [0.15, 0.2) is 84.9 Å². The molecular formula is C35H36O4. The predicted molar refractivity (Wildman–Crippen MR) is 157 cm³/mol. The van der Waals surface area contributed by atoms with E-state index in [0.717, 1.165) is 40.7 Å². The molecule has 0 radical (unpaired) electrons. The Morgan fingerprint density at radius 2 is 1.41 bits per heavy atom. The average Bonchev–Trinajstić information content (AvgIpc) is 2.94. The van der Waals surface area contributed by atoms with Crippen molar-refractivity contribution in [1.82, 2.24) is 0 Å². The minimum atomic E-state index is -1.04. The molecule has 4 aromatic carbocycles. The highest BCUT2D eigenvalue weighted by Crippen LogP contribution is 2.48. The van der Waals surface area contributed by atoms with Crippen molar-refractivity contribution in [2.45, 2.75) is 51.4 Å². The van der Waals surface area contributed by atoms with E-state index in [-0.39, 0.29) is 28.9 Å². The second-order valence-corrected chi connectivity index (χ2v) is 11.7. The molecule has 4 heteroatoms. The maximum atomic E-state index is 12.5. The van der Waals surface area contributed by atoms with Crippen LogP contribution in [0.25, 0.3) is 33.4 Å². The quantitative estimate of drug-likeness (QED) is 0.248. The molecule has 0 saturated carbocycles. The standard InChI is InChI=1S/C35H36O4/c1-34(2)18-19-35(3,4)30-21-25(15-17-29(30)34)28-20-24(23-10-7-6-8-11-23)14-16-26(28)27-12-9-13-31(39-22-38-5)32(27)33(36)37/h6-17,20-21H,18-19,22H2,1-5H3,(H,36,37). The van der Waals surface area contributed by atoms with Gasteiger partial charge in [-0.15, -0.1) is 0 Å². The lowest BCUT2D eigenvalue weighted by atomic mass is 9.63. The van der Waals surface area contributed by atoms with Crippen LogP contribution >= 0.6 is 0 Å². The number of fused-ring (bicyclic) bond motifs is 1. The molecule has 39 heavy (non-hydrogen) atoms. The fourth-order valence-electron chi connectivity index (χ4n) is 5.80. The fourth-order valence-corrected chi connectivity index (χ4v) is 5.80. The predicted octanol–water partition coefficient (Wildman–Crippen LogP) is 8.72. The average molecular weight is 521 g/mol. The first-order valence-corrected chi connectivity index (χ1v) is 13.5. The van der Waals surface area contributed by atoms with E-state index in [1.54, 1.807) is 6.07 Å². The van der Waals surface area contributed by atoms with Crippen LogP contribution in [-0.2, 0) is 15.6 Å². The van der Waals surface area contributed by atoms with Gasteiger partial charge in [0.25, 0.3) is 0 Å². The van der Waals surface area contributed by atoms with Crippen LogP contribution in [0.5, 0.6) is 5.75 Å². The van der Waals surface area contributed by atoms with Gasteiger partial charge in [-0.1, -0.05) is 100 Å². The Labute approximate surface area is 231 Å². The van der Waals surface area contributed by atoms with Crippen molar-refractivity contribution in [1.29, 1.82) is 0 Å². The number of methoxy groups -OCH3 is 1. The molecule has 0 unspecified atom stereocenters. The summed E-state index contributed by atoms with van der Waals surface area (Å²) >= 11 is 0. The molecule has 0 bridgehead atoms. The summed E-state index contributed by atoms with van der Waals surface area (Å²) in [5.74, 6) is -0.753. The zero-order valence-corrected chi connectivity index (χ0v) is 23.4. The number of carboxylic acid groups (broad SMARTS) is 1. The highest BCUT2D eigenvalue weighted by atomic mass is 16.7. The van der Waals surface area contributed by atoms with Gasteiger partial charge < -0.3 is 14.6 Å². The van der Waals surface area contributed by atoms with Crippen molar-refractivity contribution >= 4 is 5.97 Å². The molecule has 0 fully saturated rings. The van der Waals surface area contributed by atoms with Crippen LogP contribution in [0, 0.1) is 0 Å². The van der Waals surface area contributed by atoms with Crippen molar-refractivity contribution in [3.8, 4) is 39.1 Å². The van der Waals surface area contributed by atoms with Crippen LogP contribution < -0.4 is 4.74 Å². The van der Waals surface area contributed by atoms with E-state index in [0.29, 0.717) is 5.56 Å². The second-order valence-electron chi connectivity index (χ2n) is 11.7. The third kappa shape index (κ3) is 5.09. The topological polar surface area (TPSA) is 55.8 Å². The van der Waals surface area contributed by atoms with Gasteiger partial charge in [-0.2, -0.15) is 0 Å². The highest BCUT2D eigenvalue weighted by molar-refractivity contribution is 6.02. The third-order valence-corrected chi connectivity index (χ3v) is 8.15. The van der Waals surface area contributed by atoms with E-state index < -0.39 is 5.97 Å². The molecule has 1 aliphatic carbocycles. The SMILES string of the molecule is COCOc1cccc(-c2ccc(-c3ccccc3)cc2-c2ccc3c(c2)C(C)(C)CCC3(C)C)c1C(=O)O. The van der Waals surface area contributed by atoms with Crippen molar-refractivity contribution in [2.75, 3.05) is 13.9 Å². The minimum absolute atomic E-state index is 0.0285. The van der Waals surface area contributed by atoms with E-state index in [1.807, 2.05) is 36.4 Å². The number of hydrogen-bond acceptors (Lipinski definition) is 3. The number of benzene rings is 4. The summed E-state index contributed by atoms with van der Waals surface area (Å²) in [6.07, 6.45) is 2.27. The van der Waals surface area contributed by atoms with Crippen LogP contribution in [-0.4, -0.2) is 25.0 Å². The summed E-state index contributed by atoms with van der Waals surface area (Å²) < 4.78 is 10.7. The van der Waals surface area contributed by atoms with E-state index in [4.69, 9.17) is 9.47 Å². The molecule has 1 N–H and O–H groups in total. The summed E-state index contributed by atoms with van der Waals surface area (Å²) in [7, 11) is 1.52. The van der Waals surface area contributed by atoms with Crippen molar-refractivity contribution in [3.05, 3.63) is 102 Å². The fraction of sp³-hybridized carbons (Fsp3) is 0.286. The lowest BCUT2D eigenvalue weighted by Crippen LogP contribution is -2.33. The number of hydrogen-bond donors (Lipinski definition) is 1. The third-order valence-electron chi connectivity index (χ3n) is 8.15. The Morgan fingerprint density at radius 3 is 2.10 bits per heavy atom. The Balaban J connectivity index is 1.77. The van der Waals surface area contributed by atoms with Crippen LogP contribution in [0.4, 0.5) is 0 Å². The van der Waals surface area contributed by atoms with E-state index in [1.165, 1.54) is 18.2 Å². The Hall–Kier alpha value is -3.89. The summed E-state index contributed by atoms with van der Waals surface area (Å²) in [5, 5.41) is 10.3. The van der Waals surface area contributed by atoms with Crippen molar-refractivity contribution < 1.29 is 19.4 Å². The number of rotatable bonds is 7. The molecule has 0 atom stereocenters. The van der Waals surface area contributed by atoms with Crippen molar-refractivity contribution in [3.63, 3.8) is 0 Å². The van der Waals surface area contributed by atoms with Crippen molar-refractivity contribution in [2.24, 2.45) is 0 Å². The zero-order chi connectivity index (χ0) is 27.8. The smallest absolute Gasteiger partial charge is 0.340 e. The molecule has 1 aliphatic rings. The Kier molecular flexibility index (Phi) is 7.09. The van der Waals surface area contributed by atoms with E-state index in [2.05, 4.69) is 70.2 Å². The first kappa shape index (κ1) is 26.7. The largest absolute Gasteiger partial charge is 0.478 e. The molecule has 0 aliphatic heterocycles. The van der Waals surface area contributed by atoms with Gasteiger partial charge in [0.05, 0.1) is 0 Å². The molecule has 0 saturated heterocycles. The molecule has 0 heterocycles. The first-order valence-electron chi connectivity index (χ1n) is 13.5. The zero-order valence-electron chi connectivity index (χ0n) is 23.4. The maximum absolute atomic E-state index is 12.5. The molecular weight excluding hydrogens is 484 g/mol. The summed E-state index contributed by atoms with van der Waals surface area (Å²) in [6.45, 7) is 9.27. The molecule has 0 aromatic heterocycles. The lowest BCUT2D eigenvalue weighted by Gasteiger charge is -2.42. The number of aromatic carboxylic acids is 1. The van der Waals surface area contributed by atoms with Gasteiger partial charge in [0.2, 0.25) is 0 Å². The number of carboxylic acids is 1. The lowest BCUT2D eigenvalue weighted by molar-refractivity contribution is 0.0484. The molecule has 4 nitrogen and oxygen atoms in total. The summed E-state index contributed by atoms with van der Waals surface area (Å²) in [6, 6.07) is 28.7. The minimum Gasteiger partial charge on any atom is -0.478 e. The Bertz CT molecular complexity index is 1520. The van der Waals surface area contributed by atoms with Gasteiger partial charge in [-0.25, -0.2) is 4.79 Å². The van der Waals surface area contributed by atoms with Gasteiger partial charge in [0.15, 0.2) is 6.79 Å². The van der Waals surface area contributed by atoms with Gasteiger partial charge in [0.1, 0.15) is 11.3 Å². The summed E-state index contributed by atoms with van der Waals surface area (Å²) in [5.41, 5.74) is 8.77. The van der Waals surface area contributed by atoms with E-state index >= 15 is 0 Å². The monoisotopic (exact) mass is 520 g/mol. The first-order chi connectivity index (χ1) is 18.6. The van der Waals surface area contributed by atoms with Gasteiger partial charge >= 0.3 is 5.97 Å². The molecule has 0 amide bonds. The van der Waals surface area contributed by atoms with E-state index in [9.17, 15) is 9.90 Å². The van der Waals surface area contributed by atoms with Crippen LogP contribution in [0.2, 0.25) is 0 Å². The van der Waals surface area contributed by atoms with Crippen LogP contribution in [0.3, 0.4) is 0 Å². The van der Waals surface area contributed by atoms with Gasteiger partial charge in [-0.3, -0.25) is 0 Å². The molecule has 4 aromatic rings. The molecule has 200 valence electrons. The van der Waals surface area contributed by atoms with Gasteiger partial charge in [-0.05, 0) is 74.7 Å². The highest BCUT2D eigenvalue weighted by Gasteiger charge is 2.37. The normalized spacial score (nSPS) is 15.4. The van der Waals surface area contributed by atoms with Crippen LogP contribution in [0.1, 0.15) is 62.0 Å². The summed E-state index contributed by atoms with van der Waals surface area (Å²) in [4.78, 5) is 12.5.